The highest BCUT2D eigenvalue weighted by molar-refractivity contribution is 6.00. The van der Waals surface area contributed by atoms with Crippen LogP contribution in [-0.2, 0) is 16.0 Å². The van der Waals surface area contributed by atoms with Gasteiger partial charge in [0.2, 0.25) is 0 Å². The lowest BCUT2D eigenvalue weighted by Gasteiger charge is -2.18. The zero-order valence-electron chi connectivity index (χ0n) is 20.4. The minimum absolute atomic E-state index is 0.0368. The molecule has 12 heteroatoms. The Kier molecular flexibility index (Phi) is 6.79. The maximum Gasteiger partial charge on any atom is 0.341 e. The van der Waals surface area contributed by atoms with E-state index >= 15 is 0 Å². The summed E-state index contributed by atoms with van der Waals surface area (Å²) in [4.78, 5) is 59.6. The zero-order valence-corrected chi connectivity index (χ0v) is 20.4. The Morgan fingerprint density at radius 1 is 1.21 bits per heavy atom. The number of fused-ring (bicyclic) bond motifs is 2. The molecule has 3 aromatic heterocycles. The first-order valence-electron chi connectivity index (χ1n) is 12.0. The smallest absolute Gasteiger partial charge is 0.341 e. The molecule has 194 valence electrons. The van der Waals surface area contributed by atoms with Crippen LogP contribution in [0.5, 0.6) is 0 Å². The van der Waals surface area contributed by atoms with E-state index in [-0.39, 0.29) is 46.9 Å². The number of hydrogen-bond donors (Lipinski definition) is 0. The lowest BCUT2D eigenvalue weighted by molar-refractivity contribution is -0.385. The summed E-state index contributed by atoms with van der Waals surface area (Å²) in [6, 6.07) is 11.8. The highest BCUT2D eigenvalue weighted by atomic mass is 16.6. The summed E-state index contributed by atoms with van der Waals surface area (Å²) in [6.07, 6.45) is 2.81. The maximum absolute atomic E-state index is 13.4. The van der Waals surface area contributed by atoms with E-state index in [0.717, 1.165) is 6.42 Å². The Labute approximate surface area is 214 Å². The van der Waals surface area contributed by atoms with Gasteiger partial charge in [0.15, 0.2) is 5.49 Å². The number of carbonyl (C=O) groups is 2. The second-order valence-corrected chi connectivity index (χ2v) is 8.62. The normalized spacial score (nSPS) is 15.7. The number of nitrogens with zero attached hydrogens (tertiary/aromatic N) is 5. The lowest BCUT2D eigenvalue weighted by atomic mass is 10.1. The van der Waals surface area contributed by atoms with Gasteiger partial charge >= 0.3 is 5.97 Å². The second-order valence-electron chi connectivity index (χ2n) is 8.62. The van der Waals surface area contributed by atoms with Gasteiger partial charge in [0.05, 0.1) is 29.6 Å². The van der Waals surface area contributed by atoms with Crippen molar-refractivity contribution in [2.45, 2.75) is 32.4 Å². The Balaban J connectivity index is 1.87. The molecule has 4 aromatic rings. The predicted molar refractivity (Wildman–Crippen MR) is 135 cm³/mol. The number of para-hydroxylation sites is 1. The molecule has 38 heavy (non-hydrogen) atoms. The minimum atomic E-state index is -0.930. The van der Waals surface area contributed by atoms with Crippen LogP contribution in [0.1, 0.15) is 40.5 Å². The molecule has 1 unspecified atom stereocenters. The van der Waals surface area contributed by atoms with E-state index in [1.807, 2.05) is 0 Å². The van der Waals surface area contributed by atoms with E-state index in [4.69, 9.17) is 9.47 Å². The highest BCUT2D eigenvalue weighted by Crippen LogP contribution is 2.20. The summed E-state index contributed by atoms with van der Waals surface area (Å²) < 4.78 is 13.9. The second kappa shape index (κ2) is 10.3. The summed E-state index contributed by atoms with van der Waals surface area (Å²) in [5.41, 5.74) is -0.810. The molecule has 1 amide bonds. The van der Waals surface area contributed by atoms with Crippen LogP contribution >= 0.6 is 0 Å². The number of aromatic nitrogens is 3. The number of nitro benzene ring substituents is 1. The van der Waals surface area contributed by atoms with Gasteiger partial charge in [-0.05, 0) is 44.0 Å². The third-order valence-electron chi connectivity index (χ3n) is 6.23. The molecule has 12 nitrogen and oxygen atoms in total. The van der Waals surface area contributed by atoms with E-state index in [0.29, 0.717) is 18.7 Å². The van der Waals surface area contributed by atoms with E-state index in [9.17, 15) is 24.5 Å². The number of carbonyl (C=O) groups excluding carboxylic acids is 2. The van der Waals surface area contributed by atoms with E-state index in [2.05, 4.69) is 9.98 Å². The van der Waals surface area contributed by atoms with Gasteiger partial charge in [0, 0.05) is 18.9 Å². The first kappa shape index (κ1) is 25.0. The van der Waals surface area contributed by atoms with Crippen molar-refractivity contribution < 1.29 is 24.0 Å². The van der Waals surface area contributed by atoms with Gasteiger partial charge in [-0.2, -0.15) is 4.99 Å². The number of rotatable bonds is 6. The average Bonchev–Trinajstić information content (AvgIpc) is 3.43. The van der Waals surface area contributed by atoms with Gasteiger partial charge in [-0.25, -0.2) is 9.78 Å². The van der Waals surface area contributed by atoms with Crippen LogP contribution < -0.4 is 11.0 Å². The van der Waals surface area contributed by atoms with Crippen LogP contribution in [0.25, 0.3) is 16.7 Å². The summed E-state index contributed by atoms with van der Waals surface area (Å²) in [5.74, 6) is -1.73. The van der Waals surface area contributed by atoms with Gasteiger partial charge in [-0.15, -0.1) is 0 Å². The first-order valence-corrected chi connectivity index (χ1v) is 12.0. The summed E-state index contributed by atoms with van der Waals surface area (Å²) in [6.45, 7) is 2.34. The number of ether oxygens (including phenoxy) is 2. The van der Waals surface area contributed by atoms with Crippen LogP contribution in [0.4, 0.5) is 5.69 Å². The topological polar surface area (TPSA) is 147 Å². The molecular formula is C26H23N5O7. The van der Waals surface area contributed by atoms with E-state index in [1.54, 1.807) is 31.3 Å². The molecule has 1 atom stereocenters. The summed E-state index contributed by atoms with van der Waals surface area (Å²) >= 11 is 0. The first-order chi connectivity index (χ1) is 18.4. The zero-order chi connectivity index (χ0) is 26.8. The maximum atomic E-state index is 13.4. The Morgan fingerprint density at radius 3 is 2.74 bits per heavy atom. The van der Waals surface area contributed by atoms with Gasteiger partial charge in [0.1, 0.15) is 22.4 Å². The van der Waals surface area contributed by atoms with Crippen molar-refractivity contribution in [3.8, 4) is 0 Å². The van der Waals surface area contributed by atoms with Crippen LogP contribution in [-0.4, -0.2) is 50.1 Å². The van der Waals surface area contributed by atoms with Gasteiger partial charge in [-0.3, -0.25) is 24.1 Å². The SMILES string of the molecule is CCOC(=O)c1cc2c(=O)n3ccccc3nc2n(CC2CCCO2)c1=NC(=O)c1ccccc1[N+](=O)[O-]. The lowest BCUT2D eigenvalue weighted by Crippen LogP contribution is -2.35. The largest absolute Gasteiger partial charge is 0.462 e. The Bertz CT molecular complexity index is 1720. The summed E-state index contributed by atoms with van der Waals surface area (Å²) in [5, 5.41) is 11.7. The van der Waals surface area contributed by atoms with Crippen molar-refractivity contribution in [1.29, 1.82) is 0 Å². The minimum Gasteiger partial charge on any atom is -0.462 e. The number of esters is 1. The fraction of sp³-hybridized carbons (Fsp3) is 0.269. The van der Waals surface area contributed by atoms with E-state index in [1.165, 1.54) is 39.3 Å². The van der Waals surface area contributed by atoms with Crippen molar-refractivity contribution >= 4 is 34.2 Å². The highest BCUT2D eigenvalue weighted by Gasteiger charge is 2.25. The Morgan fingerprint density at radius 2 is 2.00 bits per heavy atom. The fourth-order valence-corrected chi connectivity index (χ4v) is 4.49. The molecule has 0 radical (unpaired) electrons. The number of benzene rings is 1. The molecule has 0 saturated carbocycles. The van der Waals surface area contributed by atoms with Crippen LogP contribution in [0, 0.1) is 10.1 Å². The monoisotopic (exact) mass is 517 g/mol. The van der Waals surface area contributed by atoms with Crippen molar-refractivity contribution in [2.24, 2.45) is 4.99 Å². The Hall–Kier alpha value is -4.71. The van der Waals surface area contributed by atoms with Crippen molar-refractivity contribution in [2.75, 3.05) is 13.2 Å². The van der Waals surface area contributed by atoms with Crippen LogP contribution in [0.3, 0.4) is 0 Å². The molecule has 0 N–H and O–H groups in total. The van der Waals surface area contributed by atoms with Gasteiger partial charge < -0.3 is 14.0 Å². The molecule has 1 aliphatic heterocycles. The average molecular weight is 517 g/mol. The molecule has 0 spiro atoms. The fourth-order valence-electron chi connectivity index (χ4n) is 4.49. The molecule has 1 aliphatic rings. The molecule has 0 bridgehead atoms. The van der Waals surface area contributed by atoms with Crippen LogP contribution in [0.15, 0.2) is 64.5 Å². The molecule has 5 rings (SSSR count). The van der Waals surface area contributed by atoms with Crippen LogP contribution in [0.2, 0.25) is 0 Å². The number of hydrogen-bond acceptors (Lipinski definition) is 8. The van der Waals surface area contributed by atoms with Crippen molar-refractivity contribution in [3.05, 3.63) is 91.8 Å². The molecule has 0 aliphatic carbocycles. The predicted octanol–water partition coefficient (Wildman–Crippen LogP) is 2.65. The molecule has 4 heterocycles. The molecule has 1 saturated heterocycles. The van der Waals surface area contributed by atoms with Crippen molar-refractivity contribution in [3.63, 3.8) is 0 Å². The number of amides is 1. The molecular weight excluding hydrogens is 494 g/mol. The van der Waals surface area contributed by atoms with Crippen molar-refractivity contribution in [1.82, 2.24) is 14.0 Å². The number of nitro groups is 1. The number of pyridine rings is 2. The van der Waals surface area contributed by atoms with Gasteiger partial charge in [-0.1, -0.05) is 18.2 Å². The third-order valence-corrected chi connectivity index (χ3v) is 6.23. The quantitative estimate of drug-likeness (QED) is 0.164. The summed E-state index contributed by atoms with van der Waals surface area (Å²) in [7, 11) is 0. The van der Waals surface area contributed by atoms with Gasteiger partial charge in [0.25, 0.3) is 17.2 Å². The molecule has 1 fully saturated rings. The standard InChI is InChI=1S/C26H23N5O7/c1-2-37-26(34)19-14-18-22(27-21-11-5-6-12-29(21)25(18)33)30(15-16-8-7-13-38-16)23(19)28-24(32)17-9-3-4-10-20(17)31(35)36/h3-6,9-12,14,16H,2,7-8,13,15H2,1H3. The third kappa shape index (κ3) is 4.57. The molecule has 1 aromatic carbocycles. The van der Waals surface area contributed by atoms with E-state index < -0.39 is 28.0 Å².